The Morgan fingerprint density at radius 3 is 1.55 bits per heavy atom. The highest BCUT2D eigenvalue weighted by Gasteiger charge is 2.12. The molecule has 0 aliphatic heterocycles. The Morgan fingerprint density at radius 1 is 0.591 bits per heavy atom. The molecule has 2 heteroatoms. The summed E-state index contributed by atoms with van der Waals surface area (Å²) in [5.41, 5.74) is 0. The summed E-state index contributed by atoms with van der Waals surface area (Å²) in [5, 5.41) is 2.94. The van der Waals surface area contributed by atoms with Gasteiger partial charge in [-0.2, -0.15) is 0 Å². The lowest BCUT2D eigenvalue weighted by Gasteiger charge is -2.18. The molecule has 0 aromatic heterocycles. The maximum Gasteiger partial charge on any atom is 0.00720 e. The molecule has 3 rings (SSSR count). The van der Waals surface area contributed by atoms with Crippen LogP contribution in [0.1, 0.15) is 0 Å². The molecular weight excluding hydrogens is 303 g/mol. The first-order valence-corrected chi connectivity index (χ1v) is 10.0. The van der Waals surface area contributed by atoms with Gasteiger partial charge in [-0.3, -0.25) is 0 Å². The fourth-order valence-corrected chi connectivity index (χ4v) is 5.95. The second kappa shape index (κ2) is 8.17. The van der Waals surface area contributed by atoms with E-state index < -0.39 is 0 Å². The molecule has 0 saturated carbocycles. The van der Waals surface area contributed by atoms with E-state index in [1.54, 1.807) is 0 Å². The molecule has 0 aliphatic rings. The third-order valence-corrected chi connectivity index (χ3v) is 7.29. The van der Waals surface area contributed by atoms with E-state index in [1.807, 2.05) is 11.8 Å². The summed E-state index contributed by atoms with van der Waals surface area (Å²) in [6.45, 7) is 0. The molecule has 0 aliphatic carbocycles. The van der Waals surface area contributed by atoms with Gasteiger partial charge in [0.1, 0.15) is 0 Å². The van der Waals surface area contributed by atoms with Crippen molar-refractivity contribution in [3.63, 3.8) is 0 Å². The zero-order valence-corrected chi connectivity index (χ0v) is 14.1. The summed E-state index contributed by atoms with van der Waals surface area (Å²) in [4.78, 5) is 1.36. The molecule has 0 saturated heterocycles. The van der Waals surface area contributed by atoms with Crippen molar-refractivity contribution in [3.8, 4) is 0 Å². The van der Waals surface area contributed by atoms with Gasteiger partial charge in [-0.15, -0.1) is 11.8 Å². The molecule has 0 spiro atoms. The van der Waals surface area contributed by atoms with Gasteiger partial charge in [0, 0.05) is 10.6 Å². The van der Waals surface area contributed by atoms with Crippen molar-refractivity contribution >= 4 is 30.3 Å². The van der Waals surface area contributed by atoms with E-state index in [2.05, 4.69) is 91.0 Å². The summed E-state index contributed by atoms with van der Waals surface area (Å²) < 4.78 is 0. The molecule has 0 fully saturated rings. The van der Waals surface area contributed by atoms with E-state index in [-0.39, 0.29) is 7.92 Å². The zero-order valence-electron chi connectivity index (χ0n) is 12.4. The quantitative estimate of drug-likeness (QED) is 0.459. The van der Waals surface area contributed by atoms with Gasteiger partial charge < -0.3 is 0 Å². The number of thioether (sulfide) groups is 1. The topological polar surface area (TPSA) is 0 Å². The van der Waals surface area contributed by atoms with E-state index in [9.17, 15) is 0 Å². The summed E-state index contributed by atoms with van der Waals surface area (Å²) in [5.74, 6) is 1.15. The van der Waals surface area contributed by atoms with Gasteiger partial charge in [0.25, 0.3) is 0 Å². The van der Waals surface area contributed by atoms with Crippen molar-refractivity contribution < 1.29 is 0 Å². The Morgan fingerprint density at radius 2 is 1.05 bits per heavy atom. The Kier molecular flexibility index (Phi) is 5.70. The monoisotopic (exact) mass is 322 g/mol. The van der Waals surface area contributed by atoms with Crippen molar-refractivity contribution in [1.29, 1.82) is 0 Å². The third kappa shape index (κ3) is 4.22. The van der Waals surface area contributed by atoms with Crippen LogP contribution in [-0.4, -0.2) is 11.9 Å². The van der Waals surface area contributed by atoms with Crippen molar-refractivity contribution in [1.82, 2.24) is 0 Å². The fraction of sp³-hybridized carbons (Fsp3) is 0.100. The molecule has 110 valence electrons. The first-order chi connectivity index (χ1) is 10.9. The first-order valence-electron chi connectivity index (χ1n) is 7.49. The Bertz CT molecular complexity index is 628. The molecule has 0 N–H and O–H groups in total. The van der Waals surface area contributed by atoms with Crippen LogP contribution in [0.3, 0.4) is 0 Å². The van der Waals surface area contributed by atoms with Gasteiger partial charge >= 0.3 is 0 Å². The minimum Gasteiger partial charge on any atom is -0.126 e. The smallest absolute Gasteiger partial charge is 0.00720 e. The maximum absolute atomic E-state index is 2.27. The molecule has 0 unspecified atom stereocenters. The van der Waals surface area contributed by atoms with E-state index in [0.29, 0.717) is 0 Å². The van der Waals surface area contributed by atoms with Gasteiger partial charge in [-0.05, 0) is 36.8 Å². The average molecular weight is 322 g/mol. The van der Waals surface area contributed by atoms with E-state index in [1.165, 1.54) is 21.7 Å². The van der Waals surface area contributed by atoms with Crippen molar-refractivity contribution in [2.75, 3.05) is 11.9 Å². The summed E-state index contributed by atoms with van der Waals surface area (Å²) in [6, 6.07) is 32.6. The lowest BCUT2D eigenvalue weighted by atomic mass is 10.4. The SMILES string of the molecule is c1ccc(SCCP(c2ccccc2)c2ccccc2)cc1. The maximum atomic E-state index is 2.27. The van der Waals surface area contributed by atoms with E-state index in [0.717, 1.165) is 5.75 Å². The summed E-state index contributed by atoms with van der Waals surface area (Å²) >= 11 is 1.95. The van der Waals surface area contributed by atoms with Gasteiger partial charge in [0.05, 0.1) is 0 Å². The molecule has 0 nitrogen and oxygen atoms in total. The summed E-state index contributed by atoms with van der Waals surface area (Å²) in [7, 11) is -0.268. The van der Waals surface area contributed by atoms with Gasteiger partial charge in [0.2, 0.25) is 0 Å². The second-order valence-electron chi connectivity index (χ2n) is 4.98. The highest BCUT2D eigenvalue weighted by molar-refractivity contribution is 7.99. The van der Waals surface area contributed by atoms with Crippen molar-refractivity contribution in [2.45, 2.75) is 4.90 Å². The predicted molar refractivity (Wildman–Crippen MR) is 101 cm³/mol. The van der Waals surface area contributed by atoms with Gasteiger partial charge in [-0.1, -0.05) is 78.9 Å². The molecule has 0 bridgehead atoms. The number of hydrogen-bond donors (Lipinski definition) is 0. The number of benzene rings is 3. The van der Waals surface area contributed by atoms with Gasteiger partial charge in [-0.25, -0.2) is 0 Å². The van der Waals surface area contributed by atoms with Crippen LogP contribution in [0, 0.1) is 0 Å². The average Bonchev–Trinajstić information content (AvgIpc) is 2.61. The van der Waals surface area contributed by atoms with Crippen molar-refractivity contribution in [2.24, 2.45) is 0 Å². The normalized spacial score (nSPS) is 10.8. The van der Waals surface area contributed by atoms with Crippen LogP contribution in [0.2, 0.25) is 0 Å². The molecule has 0 atom stereocenters. The lowest BCUT2D eigenvalue weighted by Crippen LogP contribution is -2.14. The fourth-order valence-electron chi connectivity index (χ4n) is 2.39. The highest BCUT2D eigenvalue weighted by atomic mass is 32.2. The molecule has 0 amide bonds. The minimum atomic E-state index is -0.268. The minimum absolute atomic E-state index is 0.268. The lowest BCUT2D eigenvalue weighted by molar-refractivity contribution is 1.43. The predicted octanol–water partition coefficient (Wildman–Crippen LogP) is 4.91. The van der Waals surface area contributed by atoms with Crippen LogP contribution in [-0.2, 0) is 0 Å². The molecule has 3 aromatic rings. The third-order valence-electron chi connectivity index (χ3n) is 3.46. The Balaban J connectivity index is 1.72. The van der Waals surface area contributed by atoms with Crippen LogP contribution in [0.4, 0.5) is 0 Å². The molecule has 0 radical (unpaired) electrons. The Labute approximate surface area is 138 Å². The molecule has 0 heterocycles. The first kappa shape index (κ1) is 15.3. The van der Waals surface area contributed by atoms with Crippen molar-refractivity contribution in [3.05, 3.63) is 91.0 Å². The number of rotatable bonds is 6. The van der Waals surface area contributed by atoms with Crippen LogP contribution in [0.5, 0.6) is 0 Å². The Hall–Kier alpha value is -1.56. The largest absolute Gasteiger partial charge is 0.126 e. The van der Waals surface area contributed by atoms with Crippen LogP contribution in [0.15, 0.2) is 95.9 Å². The highest BCUT2D eigenvalue weighted by Crippen LogP contribution is 2.35. The van der Waals surface area contributed by atoms with Crippen LogP contribution in [0.25, 0.3) is 0 Å². The molecule has 3 aromatic carbocycles. The molecule has 22 heavy (non-hydrogen) atoms. The summed E-state index contributed by atoms with van der Waals surface area (Å²) in [6.07, 6.45) is 1.21. The van der Waals surface area contributed by atoms with Crippen LogP contribution >= 0.6 is 19.7 Å². The zero-order chi connectivity index (χ0) is 15.0. The van der Waals surface area contributed by atoms with Gasteiger partial charge in [0.15, 0.2) is 0 Å². The van der Waals surface area contributed by atoms with E-state index >= 15 is 0 Å². The second-order valence-corrected chi connectivity index (χ2v) is 8.49. The van der Waals surface area contributed by atoms with Crippen LogP contribution < -0.4 is 10.6 Å². The number of hydrogen-bond acceptors (Lipinski definition) is 1. The van der Waals surface area contributed by atoms with E-state index in [4.69, 9.17) is 0 Å². The standard InChI is InChI=1S/C20H19PS/c1-4-10-18(11-5-1)21(19-12-6-2-7-13-19)16-17-22-20-14-8-3-9-15-20/h1-15H,16-17H2. The molecular formula is C20H19PS.